The molecule has 0 unspecified atom stereocenters. The zero-order valence-corrected chi connectivity index (χ0v) is 27.9. The molecule has 0 saturated carbocycles. The molecular weight excluding hydrogens is 545 g/mol. The van der Waals surface area contributed by atoms with Crippen LogP contribution in [-0.4, -0.2) is 15.9 Å². The first-order valence-electron chi connectivity index (χ1n) is 15.3. The van der Waals surface area contributed by atoms with E-state index < -0.39 is 15.9 Å². The fourth-order valence-corrected chi connectivity index (χ4v) is 9.73. The van der Waals surface area contributed by atoms with E-state index in [9.17, 15) is 0 Å². The molecule has 1 aliphatic heterocycles. The first-order valence-corrected chi connectivity index (χ1v) is 17.2. The van der Waals surface area contributed by atoms with Gasteiger partial charge >= 0.3 is 251 Å². The third kappa shape index (κ3) is 5.32. The standard InChI is InChI=1S/C37H46GeN2/c1-24(2)29-19-14-20-30(25(3)4)36(29)39-34-23-13-12-18-33(34)35(28-16-10-9-11-17-28)40(38-39)37-31(26(5)6)21-15-22-32(37)27(7)8/h9-11,14-17,19-27H,12-13,18H2,1-8H3. The first-order chi connectivity index (χ1) is 19.2. The van der Waals surface area contributed by atoms with E-state index in [1.807, 2.05) is 0 Å². The van der Waals surface area contributed by atoms with Gasteiger partial charge in [0, 0.05) is 0 Å². The number of hydrogen-bond donors (Lipinski definition) is 0. The number of anilines is 2. The normalized spacial score (nSPS) is 15.9. The Morgan fingerprint density at radius 1 is 0.575 bits per heavy atom. The molecule has 40 heavy (non-hydrogen) atoms. The number of benzene rings is 3. The molecule has 0 N–H and O–H groups in total. The third-order valence-corrected chi connectivity index (χ3v) is 11.2. The van der Waals surface area contributed by atoms with Gasteiger partial charge in [-0.3, -0.25) is 0 Å². The summed E-state index contributed by atoms with van der Waals surface area (Å²) in [6.07, 6.45) is 6.05. The Morgan fingerprint density at radius 3 is 1.52 bits per heavy atom. The Morgan fingerprint density at radius 2 is 1.05 bits per heavy atom. The Hall–Kier alpha value is -2.72. The predicted octanol–water partition coefficient (Wildman–Crippen LogP) is 10.5. The number of hydrogen-bond acceptors (Lipinski definition) is 2. The van der Waals surface area contributed by atoms with Crippen LogP contribution in [0, 0.1) is 0 Å². The van der Waals surface area contributed by atoms with Gasteiger partial charge in [0.05, 0.1) is 0 Å². The molecule has 3 aromatic rings. The molecule has 0 aromatic heterocycles. The number of allylic oxidation sites excluding steroid dienone is 2. The molecule has 0 spiro atoms. The van der Waals surface area contributed by atoms with E-state index in [-0.39, 0.29) is 0 Å². The van der Waals surface area contributed by atoms with E-state index in [4.69, 9.17) is 0 Å². The van der Waals surface area contributed by atoms with Crippen LogP contribution in [0.25, 0.3) is 5.70 Å². The summed E-state index contributed by atoms with van der Waals surface area (Å²) in [5, 5.41) is 0. The zero-order chi connectivity index (χ0) is 28.6. The predicted molar refractivity (Wildman–Crippen MR) is 175 cm³/mol. The van der Waals surface area contributed by atoms with Gasteiger partial charge in [-0.05, 0) is 0 Å². The summed E-state index contributed by atoms with van der Waals surface area (Å²) in [6, 6.07) is 25.3. The fraction of sp³-hybridized carbons (Fsp3) is 0.405. The van der Waals surface area contributed by atoms with Gasteiger partial charge in [-0.15, -0.1) is 0 Å². The molecule has 2 nitrogen and oxygen atoms in total. The van der Waals surface area contributed by atoms with Crippen molar-refractivity contribution in [3.05, 3.63) is 112 Å². The van der Waals surface area contributed by atoms with Crippen LogP contribution in [0.3, 0.4) is 0 Å². The summed E-state index contributed by atoms with van der Waals surface area (Å²) in [5.41, 5.74) is 14.6. The molecule has 3 aromatic carbocycles. The second kappa shape index (κ2) is 12.0. The van der Waals surface area contributed by atoms with Gasteiger partial charge in [-0.2, -0.15) is 0 Å². The summed E-state index contributed by atoms with van der Waals surface area (Å²) < 4.78 is 5.63. The molecule has 0 saturated heterocycles. The SMILES string of the molecule is CC(C)c1cccc(C(C)C)c1[N]1[Ge][N](c2c(C(C)C)cccc2C(C)C)C(c2ccccc2)=C2CCCC=C21. The molecule has 0 amide bonds. The number of para-hydroxylation sites is 2. The van der Waals surface area contributed by atoms with Crippen LogP contribution in [0.15, 0.2) is 84.1 Å². The van der Waals surface area contributed by atoms with Crippen molar-refractivity contribution in [1.82, 2.24) is 0 Å². The molecule has 208 valence electrons. The van der Waals surface area contributed by atoms with Gasteiger partial charge in [0.25, 0.3) is 0 Å². The molecule has 0 atom stereocenters. The van der Waals surface area contributed by atoms with Crippen molar-refractivity contribution in [2.75, 3.05) is 7.71 Å². The average molecular weight is 591 g/mol. The van der Waals surface area contributed by atoms with Crippen molar-refractivity contribution in [2.45, 2.75) is 98.3 Å². The minimum atomic E-state index is -0.810. The quantitative estimate of drug-likeness (QED) is 0.252. The number of fused-ring (bicyclic) bond motifs is 1. The van der Waals surface area contributed by atoms with Crippen molar-refractivity contribution >= 4 is 32.9 Å². The molecule has 1 aliphatic carbocycles. The molecule has 2 radical (unpaired) electrons. The maximum absolute atomic E-state index is 2.82. The minimum absolute atomic E-state index is 0.452. The Bertz CT molecular complexity index is 1360. The van der Waals surface area contributed by atoms with Gasteiger partial charge in [-0.1, -0.05) is 0 Å². The van der Waals surface area contributed by atoms with E-state index in [1.165, 1.54) is 62.6 Å². The van der Waals surface area contributed by atoms with Gasteiger partial charge in [0.1, 0.15) is 0 Å². The second-order valence-corrected chi connectivity index (χ2v) is 14.9. The van der Waals surface area contributed by atoms with Crippen LogP contribution in [0.1, 0.15) is 126 Å². The van der Waals surface area contributed by atoms with Crippen LogP contribution in [0.2, 0.25) is 0 Å². The maximum atomic E-state index is 2.82. The monoisotopic (exact) mass is 592 g/mol. The Labute approximate surface area is 250 Å². The summed E-state index contributed by atoms with van der Waals surface area (Å²) in [7, 11) is 0. The number of nitrogens with zero attached hydrogens (tertiary/aromatic N) is 2. The Kier molecular flexibility index (Phi) is 8.66. The van der Waals surface area contributed by atoms with Crippen molar-refractivity contribution in [1.29, 1.82) is 0 Å². The Balaban J connectivity index is 1.86. The summed E-state index contributed by atoms with van der Waals surface area (Å²) in [6.45, 7) is 18.9. The van der Waals surface area contributed by atoms with Crippen molar-refractivity contribution in [3.8, 4) is 0 Å². The van der Waals surface area contributed by atoms with Gasteiger partial charge in [0.2, 0.25) is 0 Å². The van der Waals surface area contributed by atoms with E-state index in [1.54, 1.807) is 0 Å². The van der Waals surface area contributed by atoms with Gasteiger partial charge in [0.15, 0.2) is 0 Å². The van der Waals surface area contributed by atoms with Gasteiger partial charge in [-0.25, -0.2) is 0 Å². The summed E-state index contributed by atoms with van der Waals surface area (Å²) >= 11 is -0.810. The van der Waals surface area contributed by atoms with Crippen LogP contribution in [0.5, 0.6) is 0 Å². The molecular formula is C37H46GeN2. The van der Waals surface area contributed by atoms with Crippen LogP contribution >= 0.6 is 0 Å². The zero-order valence-electron chi connectivity index (χ0n) is 25.8. The molecule has 5 rings (SSSR count). The summed E-state index contributed by atoms with van der Waals surface area (Å²) in [4.78, 5) is 0. The topological polar surface area (TPSA) is 6.48 Å². The van der Waals surface area contributed by atoms with E-state index in [0.29, 0.717) is 23.7 Å². The van der Waals surface area contributed by atoms with Crippen LogP contribution in [0.4, 0.5) is 11.4 Å². The van der Waals surface area contributed by atoms with Crippen LogP contribution in [-0.2, 0) is 0 Å². The average Bonchev–Trinajstić information content (AvgIpc) is 2.95. The number of rotatable bonds is 7. The summed E-state index contributed by atoms with van der Waals surface area (Å²) in [5.74, 6) is 1.84. The molecule has 3 heteroatoms. The van der Waals surface area contributed by atoms with E-state index in [2.05, 4.69) is 136 Å². The van der Waals surface area contributed by atoms with Crippen molar-refractivity contribution in [3.63, 3.8) is 0 Å². The van der Waals surface area contributed by atoms with E-state index in [0.717, 1.165) is 12.8 Å². The molecule has 1 heterocycles. The molecule has 0 bridgehead atoms. The first kappa shape index (κ1) is 28.8. The third-order valence-electron chi connectivity index (χ3n) is 8.41. The fourth-order valence-electron chi connectivity index (χ4n) is 6.35. The van der Waals surface area contributed by atoms with E-state index >= 15 is 0 Å². The van der Waals surface area contributed by atoms with Gasteiger partial charge < -0.3 is 0 Å². The van der Waals surface area contributed by atoms with Crippen molar-refractivity contribution in [2.24, 2.45) is 0 Å². The second-order valence-electron chi connectivity index (χ2n) is 12.6. The van der Waals surface area contributed by atoms with Crippen molar-refractivity contribution < 1.29 is 0 Å². The molecule has 2 aliphatic rings. The molecule has 0 fully saturated rings. The van der Waals surface area contributed by atoms with Crippen LogP contribution < -0.4 is 7.71 Å².